The molecule has 1 heterocycles. The predicted molar refractivity (Wildman–Crippen MR) is 63.0 cm³/mol. The molecular formula is C11H16N2OS. The van der Waals surface area contributed by atoms with E-state index in [0.29, 0.717) is 6.54 Å². The van der Waals surface area contributed by atoms with Crippen molar-refractivity contribution in [2.24, 2.45) is 0 Å². The van der Waals surface area contributed by atoms with Crippen LogP contribution in [0.4, 0.5) is 0 Å². The molecule has 0 saturated heterocycles. The van der Waals surface area contributed by atoms with Gasteiger partial charge in [0.1, 0.15) is 0 Å². The summed E-state index contributed by atoms with van der Waals surface area (Å²) in [5.74, 6) is -0.0205. The van der Waals surface area contributed by atoms with Crippen molar-refractivity contribution < 1.29 is 4.79 Å². The van der Waals surface area contributed by atoms with Gasteiger partial charge in [0.05, 0.1) is 5.01 Å². The number of amides is 1. The van der Waals surface area contributed by atoms with Gasteiger partial charge >= 0.3 is 0 Å². The second-order valence-corrected chi connectivity index (χ2v) is 4.22. The molecule has 15 heavy (non-hydrogen) atoms. The molecule has 1 N–H and O–H groups in total. The number of hydrogen-bond donors (Lipinski definition) is 1. The highest BCUT2D eigenvalue weighted by Gasteiger charge is 1.99. The number of thiazole rings is 1. The molecule has 0 fully saturated rings. The average Bonchev–Trinajstić information content (AvgIpc) is 2.60. The molecule has 1 aromatic rings. The Morgan fingerprint density at radius 1 is 1.67 bits per heavy atom. The molecule has 4 heteroatoms. The van der Waals surface area contributed by atoms with Gasteiger partial charge in [-0.2, -0.15) is 0 Å². The van der Waals surface area contributed by atoms with Crippen LogP contribution in [0.1, 0.15) is 24.0 Å². The Labute approximate surface area is 94.2 Å². The van der Waals surface area contributed by atoms with Crippen molar-refractivity contribution in [3.05, 3.63) is 28.2 Å². The first kappa shape index (κ1) is 11.9. The number of nitrogens with zero attached hydrogens (tertiary/aromatic N) is 1. The fourth-order valence-corrected chi connectivity index (χ4v) is 2.00. The van der Waals surface area contributed by atoms with E-state index in [1.54, 1.807) is 17.4 Å². The zero-order chi connectivity index (χ0) is 11.1. The Kier molecular flexibility index (Phi) is 5.04. The first-order chi connectivity index (χ1) is 7.22. The lowest BCUT2D eigenvalue weighted by Gasteiger charge is -1.99. The SMILES string of the molecule is C/C=C/C(=O)NCCCc1nc(C)cs1. The third-order valence-electron chi connectivity index (χ3n) is 1.85. The van der Waals surface area contributed by atoms with Crippen molar-refractivity contribution in [1.29, 1.82) is 0 Å². The Balaban J connectivity index is 2.14. The van der Waals surface area contributed by atoms with Crippen LogP contribution in [0.3, 0.4) is 0 Å². The number of carbonyl (C=O) groups is 1. The first-order valence-corrected chi connectivity index (χ1v) is 5.92. The molecule has 0 bridgehead atoms. The fraction of sp³-hybridized carbons (Fsp3) is 0.455. The van der Waals surface area contributed by atoms with Gasteiger partial charge in [0, 0.05) is 24.0 Å². The Morgan fingerprint density at radius 3 is 3.07 bits per heavy atom. The van der Waals surface area contributed by atoms with Gasteiger partial charge in [-0.1, -0.05) is 6.08 Å². The second kappa shape index (κ2) is 6.35. The lowest BCUT2D eigenvalue weighted by molar-refractivity contribution is -0.116. The second-order valence-electron chi connectivity index (χ2n) is 3.28. The summed E-state index contributed by atoms with van der Waals surface area (Å²) in [7, 11) is 0. The zero-order valence-corrected chi connectivity index (χ0v) is 9.93. The van der Waals surface area contributed by atoms with Gasteiger partial charge in [-0.15, -0.1) is 11.3 Å². The maximum atomic E-state index is 11.0. The van der Waals surface area contributed by atoms with Crippen LogP contribution in [0.2, 0.25) is 0 Å². The fourth-order valence-electron chi connectivity index (χ4n) is 1.18. The van der Waals surface area contributed by atoms with Gasteiger partial charge in [-0.25, -0.2) is 4.98 Å². The van der Waals surface area contributed by atoms with Crippen LogP contribution in [0.5, 0.6) is 0 Å². The summed E-state index contributed by atoms with van der Waals surface area (Å²) >= 11 is 1.68. The van der Waals surface area contributed by atoms with Gasteiger partial charge in [0.25, 0.3) is 0 Å². The third-order valence-corrected chi connectivity index (χ3v) is 2.88. The molecule has 1 aromatic heterocycles. The van der Waals surface area contributed by atoms with Gasteiger partial charge in [0.15, 0.2) is 0 Å². The lowest BCUT2D eigenvalue weighted by atomic mass is 10.3. The van der Waals surface area contributed by atoms with Gasteiger partial charge in [-0.3, -0.25) is 4.79 Å². The Bertz CT molecular complexity index is 344. The maximum absolute atomic E-state index is 11.0. The van der Waals surface area contributed by atoms with Crippen LogP contribution >= 0.6 is 11.3 Å². The minimum atomic E-state index is -0.0205. The monoisotopic (exact) mass is 224 g/mol. The minimum absolute atomic E-state index is 0.0205. The summed E-state index contributed by atoms with van der Waals surface area (Å²) < 4.78 is 0. The molecule has 0 spiro atoms. The quantitative estimate of drug-likeness (QED) is 0.614. The van der Waals surface area contributed by atoms with Crippen LogP contribution < -0.4 is 5.32 Å². The predicted octanol–water partition coefficient (Wildman–Crippen LogP) is 2.08. The van der Waals surface area contributed by atoms with Crippen molar-refractivity contribution in [1.82, 2.24) is 10.3 Å². The zero-order valence-electron chi connectivity index (χ0n) is 9.12. The number of aromatic nitrogens is 1. The van der Waals surface area contributed by atoms with Crippen LogP contribution in [0.15, 0.2) is 17.5 Å². The van der Waals surface area contributed by atoms with Gasteiger partial charge in [0.2, 0.25) is 5.91 Å². The van der Waals surface area contributed by atoms with Gasteiger partial charge < -0.3 is 5.32 Å². The molecule has 1 amide bonds. The number of nitrogens with one attached hydrogen (secondary N) is 1. The highest BCUT2D eigenvalue weighted by atomic mass is 32.1. The molecule has 0 aromatic carbocycles. The number of allylic oxidation sites excluding steroid dienone is 1. The Hall–Kier alpha value is -1.16. The molecular weight excluding hydrogens is 208 g/mol. The largest absolute Gasteiger partial charge is 0.353 e. The Morgan fingerprint density at radius 2 is 2.47 bits per heavy atom. The van der Waals surface area contributed by atoms with Crippen LogP contribution in [0, 0.1) is 6.92 Å². The van der Waals surface area contributed by atoms with E-state index >= 15 is 0 Å². The van der Waals surface area contributed by atoms with E-state index in [0.717, 1.165) is 23.5 Å². The third kappa shape index (κ3) is 4.74. The first-order valence-electron chi connectivity index (χ1n) is 5.04. The van der Waals surface area contributed by atoms with Crippen LogP contribution in [0.25, 0.3) is 0 Å². The van der Waals surface area contributed by atoms with E-state index in [4.69, 9.17) is 0 Å². The van der Waals surface area contributed by atoms with E-state index in [-0.39, 0.29) is 5.91 Å². The van der Waals surface area contributed by atoms with Crippen molar-refractivity contribution in [3.63, 3.8) is 0 Å². The van der Waals surface area contributed by atoms with Crippen LogP contribution in [-0.2, 0) is 11.2 Å². The number of rotatable bonds is 5. The summed E-state index contributed by atoms with van der Waals surface area (Å²) in [6.45, 7) is 4.54. The number of hydrogen-bond acceptors (Lipinski definition) is 3. The van der Waals surface area contributed by atoms with Crippen molar-refractivity contribution >= 4 is 17.2 Å². The lowest BCUT2D eigenvalue weighted by Crippen LogP contribution is -2.22. The van der Waals surface area contributed by atoms with Gasteiger partial charge in [-0.05, 0) is 26.3 Å². The van der Waals surface area contributed by atoms with E-state index in [1.807, 2.05) is 19.2 Å². The summed E-state index contributed by atoms with van der Waals surface area (Å²) in [6, 6.07) is 0. The molecule has 0 aliphatic carbocycles. The molecule has 0 unspecified atom stereocenters. The molecule has 82 valence electrons. The van der Waals surface area contributed by atoms with E-state index < -0.39 is 0 Å². The van der Waals surface area contributed by atoms with Crippen molar-refractivity contribution in [3.8, 4) is 0 Å². The highest BCUT2D eigenvalue weighted by Crippen LogP contribution is 2.10. The molecule has 0 atom stereocenters. The maximum Gasteiger partial charge on any atom is 0.243 e. The van der Waals surface area contributed by atoms with Crippen LogP contribution in [-0.4, -0.2) is 17.4 Å². The molecule has 1 rings (SSSR count). The highest BCUT2D eigenvalue weighted by molar-refractivity contribution is 7.09. The number of carbonyl (C=O) groups excluding carboxylic acids is 1. The molecule has 0 radical (unpaired) electrons. The topological polar surface area (TPSA) is 42.0 Å². The normalized spacial score (nSPS) is 10.8. The average molecular weight is 224 g/mol. The summed E-state index contributed by atoms with van der Waals surface area (Å²) in [4.78, 5) is 15.4. The summed E-state index contributed by atoms with van der Waals surface area (Å²) in [5.41, 5.74) is 1.08. The summed E-state index contributed by atoms with van der Waals surface area (Å²) in [6.07, 6.45) is 5.15. The van der Waals surface area contributed by atoms with Crippen molar-refractivity contribution in [2.45, 2.75) is 26.7 Å². The van der Waals surface area contributed by atoms with E-state index in [1.165, 1.54) is 6.08 Å². The number of aryl methyl sites for hydroxylation is 2. The molecule has 0 aliphatic rings. The summed E-state index contributed by atoms with van der Waals surface area (Å²) in [5, 5.41) is 6.01. The minimum Gasteiger partial charge on any atom is -0.353 e. The molecule has 3 nitrogen and oxygen atoms in total. The van der Waals surface area contributed by atoms with E-state index in [2.05, 4.69) is 10.3 Å². The standard InChI is InChI=1S/C11H16N2OS/c1-3-5-10(14)12-7-4-6-11-13-9(2)8-15-11/h3,5,8H,4,6-7H2,1-2H3,(H,12,14)/b5-3+. The van der Waals surface area contributed by atoms with Crippen molar-refractivity contribution in [2.75, 3.05) is 6.54 Å². The molecule has 0 aliphatic heterocycles. The smallest absolute Gasteiger partial charge is 0.243 e. The van der Waals surface area contributed by atoms with E-state index in [9.17, 15) is 4.79 Å². The molecule has 0 saturated carbocycles.